The third-order valence-corrected chi connectivity index (χ3v) is 4.52. The summed E-state index contributed by atoms with van der Waals surface area (Å²) in [6, 6.07) is 8.69. The lowest BCUT2D eigenvalue weighted by Crippen LogP contribution is -2.15. The highest BCUT2D eigenvalue weighted by atomic mass is 32.2. The molecule has 118 valence electrons. The molecule has 0 atom stereocenters. The predicted molar refractivity (Wildman–Crippen MR) is 88.3 cm³/mol. The van der Waals surface area contributed by atoms with Crippen molar-refractivity contribution >= 4 is 10.1 Å². The minimum absolute atomic E-state index is 0.200. The minimum Gasteiger partial charge on any atom is -0.285 e. The zero-order chi connectivity index (χ0) is 15.9. The van der Waals surface area contributed by atoms with Gasteiger partial charge in [0.15, 0.2) is 0 Å². The van der Waals surface area contributed by atoms with Gasteiger partial charge in [0.2, 0.25) is 0 Å². The second kappa shape index (κ2) is 7.76. The second-order valence-corrected chi connectivity index (χ2v) is 7.55. The molecule has 3 nitrogen and oxygen atoms in total. The molecule has 0 radical (unpaired) electrons. The van der Waals surface area contributed by atoms with Crippen LogP contribution in [0, 0.1) is 0 Å². The van der Waals surface area contributed by atoms with E-state index in [2.05, 4.69) is 45.0 Å². The van der Waals surface area contributed by atoms with Gasteiger partial charge in [0.1, 0.15) is 0 Å². The van der Waals surface area contributed by atoms with Crippen LogP contribution in [-0.4, -0.2) is 18.7 Å². The second-order valence-electron chi connectivity index (χ2n) is 6.05. The van der Waals surface area contributed by atoms with Gasteiger partial charge in [-0.25, -0.2) is 0 Å². The van der Waals surface area contributed by atoms with Crippen LogP contribution in [0.4, 0.5) is 0 Å². The average molecular weight is 310 g/mol. The molecule has 0 aliphatic heterocycles. The molecular weight excluding hydrogens is 284 g/mol. The summed E-state index contributed by atoms with van der Waals surface area (Å²) in [5.41, 5.74) is 2.88. The van der Waals surface area contributed by atoms with Crippen LogP contribution < -0.4 is 0 Å². The first-order valence-electron chi connectivity index (χ1n) is 7.44. The molecule has 1 aromatic rings. The van der Waals surface area contributed by atoms with E-state index in [-0.39, 0.29) is 11.2 Å². The van der Waals surface area contributed by atoms with Crippen molar-refractivity contribution < 1.29 is 13.0 Å². The van der Waals surface area contributed by atoms with E-state index in [1.54, 1.807) is 0 Å². The zero-order valence-electron chi connectivity index (χ0n) is 13.2. The molecule has 0 bridgehead atoms. The number of aryl methyl sites for hydroxylation is 1. The molecule has 0 saturated carbocycles. The van der Waals surface area contributed by atoms with Gasteiger partial charge in [-0.15, -0.1) is 0 Å². The Labute approximate surface area is 128 Å². The molecule has 1 N–H and O–H groups in total. The van der Waals surface area contributed by atoms with Crippen LogP contribution in [0.15, 0.2) is 36.4 Å². The van der Waals surface area contributed by atoms with E-state index in [1.165, 1.54) is 17.2 Å². The Balaban J connectivity index is 2.48. The molecule has 0 spiro atoms. The SMILES string of the molecule is CCC(C)(C)c1cccc(CCCC=CCS(=O)(=O)O)c1. The molecule has 0 unspecified atom stereocenters. The first-order chi connectivity index (χ1) is 9.74. The molecule has 0 aliphatic rings. The average Bonchev–Trinajstić information content (AvgIpc) is 2.42. The summed E-state index contributed by atoms with van der Waals surface area (Å²) < 4.78 is 29.7. The Bertz CT molecular complexity index is 571. The summed E-state index contributed by atoms with van der Waals surface area (Å²) in [5.74, 6) is -0.298. The molecule has 0 fully saturated rings. The highest BCUT2D eigenvalue weighted by molar-refractivity contribution is 7.85. The van der Waals surface area contributed by atoms with Crippen LogP contribution in [0.3, 0.4) is 0 Å². The normalized spacial score (nSPS) is 13.0. The molecule has 1 aromatic carbocycles. The van der Waals surface area contributed by atoms with Gasteiger partial charge in [-0.2, -0.15) is 8.42 Å². The summed E-state index contributed by atoms with van der Waals surface area (Å²) in [4.78, 5) is 0. The predicted octanol–water partition coefficient (Wildman–Crippen LogP) is 4.14. The molecule has 0 saturated heterocycles. The van der Waals surface area contributed by atoms with E-state index in [1.807, 2.05) is 6.08 Å². The number of benzene rings is 1. The van der Waals surface area contributed by atoms with Gasteiger partial charge in [0.05, 0.1) is 5.75 Å². The van der Waals surface area contributed by atoms with E-state index in [9.17, 15) is 8.42 Å². The van der Waals surface area contributed by atoms with Gasteiger partial charge in [0, 0.05) is 0 Å². The third kappa shape index (κ3) is 6.91. The Hall–Kier alpha value is -1.13. The van der Waals surface area contributed by atoms with Crippen molar-refractivity contribution in [2.45, 2.75) is 51.9 Å². The van der Waals surface area contributed by atoms with Crippen molar-refractivity contribution in [3.05, 3.63) is 47.5 Å². The summed E-state index contributed by atoms with van der Waals surface area (Å²) in [5, 5.41) is 0. The molecule has 0 heterocycles. The molecule has 0 amide bonds. The molecule has 1 rings (SSSR count). The summed E-state index contributed by atoms with van der Waals surface area (Å²) in [7, 11) is -3.88. The smallest absolute Gasteiger partial charge is 0.268 e. The van der Waals surface area contributed by atoms with Gasteiger partial charge in [-0.05, 0) is 42.2 Å². The molecule has 21 heavy (non-hydrogen) atoms. The van der Waals surface area contributed by atoms with Gasteiger partial charge in [-0.3, -0.25) is 4.55 Å². The van der Waals surface area contributed by atoms with Crippen molar-refractivity contribution in [1.29, 1.82) is 0 Å². The van der Waals surface area contributed by atoms with E-state index >= 15 is 0 Å². The lowest BCUT2D eigenvalue weighted by Gasteiger charge is -2.23. The highest BCUT2D eigenvalue weighted by Gasteiger charge is 2.17. The maximum absolute atomic E-state index is 10.5. The maximum Gasteiger partial charge on any atom is 0.268 e. The van der Waals surface area contributed by atoms with Crippen LogP contribution >= 0.6 is 0 Å². The quantitative estimate of drug-likeness (QED) is 0.446. The number of unbranched alkanes of at least 4 members (excludes halogenated alkanes) is 1. The number of rotatable bonds is 8. The van der Waals surface area contributed by atoms with E-state index < -0.39 is 10.1 Å². The zero-order valence-corrected chi connectivity index (χ0v) is 14.0. The molecule has 4 heteroatoms. The number of hydrogen-bond donors (Lipinski definition) is 1. The van der Waals surface area contributed by atoms with Crippen molar-refractivity contribution in [3.63, 3.8) is 0 Å². The van der Waals surface area contributed by atoms with Gasteiger partial charge < -0.3 is 0 Å². The number of allylic oxidation sites excluding steroid dienone is 1. The summed E-state index contributed by atoms with van der Waals surface area (Å²) in [6.45, 7) is 6.71. The first kappa shape index (κ1) is 17.9. The van der Waals surface area contributed by atoms with Crippen molar-refractivity contribution in [1.82, 2.24) is 0 Å². The highest BCUT2D eigenvalue weighted by Crippen LogP contribution is 2.27. The first-order valence-corrected chi connectivity index (χ1v) is 9.05. The van der Waals surface area contributed by atoms with Crippen LogP contribution in [0.2, 0.25) is 0 Å². The minimum atomic E-state index is -3.88. The van der Waals surface area contributed by atoms with Crippen LogP contribution in [0.5, 0.6) is 0 Å². The molecular formula is C17H26O3S. The lowest BCUT2D eigenvalue weighted by molar-refractivity contribution is 0.486. The standard InChI is InChI=1S/C17H26O3S/c1-4-17(2,3)16-12-9-11-15(14-16)10-7-5-6-8-13-21(18,19)20/h6,8-9,11-12,14H,4-5,7,10,13H2,1-3H3,(H,18,19,20). The Morgan fingerprint density at radius 1 is 1.24 bits per heavy atom. The molecule has 0 aliphatic carbocycles. The van der Waals surface area contributed by atoms with Crippen LogP contribution in [0.1, 0.15) is 51.2 Å². The maximum atomic E-state index is 10.5. The van der Waals surface area contributed by atoms with Gasteiger partial charge in [0.25, 0.3) is 10.1 Å². The number of hydrogen-bond acceptors (Lipinski definition) is 2. The summed E-state index contributed by atoms with van der Waals surface area (Å²) >= 11 is 0. The van der Waals surface area contributed by atoms with Crippen LogP contribution in [0.25, 0.3) is 0 Å². The van der Waals surface area contributed by atoms with Crippen molar-refractivity contribution in [3.8, 4) is 0 Å². The van der Waals surface area contributed by atoms with E-state index in [0.717, 1.165) is 25.7 Å². The van der Waals surface area contributed by atoms with E-state index in [0.29, 0.717) is 0 Å². The fourth-order valence-electron chi connectivity index (χ4n) is 2.08. The van der Waals surface area contributed by atoms with Gasteiger partial charge >= 0.3 is 0 Å². The topological polar surface area (TPSA) is 54.4 Å². The fraction of sp³-hybridized carbons (Fsp3) is 0.529. The Morgan fingerprint density at radius 3 is 2.57 bits per heavy atom. The van der Waals surface area contributed by atoms with E-state index in [4.69, 9.17) is 4.55 Å². The molecule has 0 aromatic heterocycles. The van der Waals surface area contributed by atoms with Crippen molar-refractivity contribution in [2.75, 3.05) is 5.75 Å². The Kier molecular flexibility index (Phi) is 6.62. The largest absolute Gasteiger partial charge is 0.285 e. The Morgan fingerprint density at radius 2 is 1.95 bits per heavy atom. The van der Waals surface area contributed by atoms with Crippen molar-refractivity contribution in [2.24, 2.45) is 0 Å². The monoisotopic (exact) mass is 310 g/mol. The van der Waals surface area contributed by atoms with Crippen LogP contribution in [-0.2, 0) is 22.0 Å². The lowest BCUT2D eigenvalue weighted by atomic mass is 9.81. The fourth-order valence-corrected chi connectivity index (χ4v) is 2.46. The van der Waals surface area contributed by atoms with Gasteiger partial charge in [-0.1, -0.05) is 57.2 Å². The third-order valence-electron chi connectivity index (χ3n) is 3.90. The summed E-state index contributed by atoms with van der Waals surface area (Å²) in [6.07, 6.45) is 7.19.